The Hall–Kier alpha value is -2.11. The lowest BCUT2D eigenvalue weighted by Crippen LogP contribution is -2.11. The molecule has 0 atom stereocenters. The highest BCUT2D eigenvalue weighted by atomic mass is 32.2. The summed E-state index contributed by atoms with van der Waals surface area (Å²) in [6.45, 7) is 2.10. The number of thiazole rings is 1. The number of benzene rings is 2. The molecule has 0 spiro atoms. The Balaban J connectivity index is 1.73. The standard InChI is InChI=1S/C18H16N2OS2/c1-2-22-15-10-6-9-14(11-15)17(21)20-18-19-16(12-23-18)13-7-4-3-5-8-13/h3-12H,2H2,1H3,(H,19,20,21). The van der Waals surface area contributed by atoms with Gasteiger partial charge in [-0.2, -0.15) is 0 Å². The molecule has 0 aliphatic rings. The number of carbonyl (C=O) groups excluding carboxylic acids is 1. The monoisotopic (exact) mass is 340 g/mol. The predicted octanol–water partition coefficient (Wildman–Crippen LogP) is 5.17. The van der Waals surface area contributed by atoms with E-state index in [1.54, 1.807) is 11.8 Å². The van der Waals surface area contributed by atoms with E-state index in [4.69, 9.17) is 0 Å². The van der Waals surface area contributed by atoms with Gasteiger partial charge in [0.05, 0.1) is 5.69 Å². The molecule has 0 bridgehead atoms. The van der Waals surface area contributed by atoms with Gasteiger partial charge in [0.15, 0.2) is 5.13 Å². The summed E-state index contributed by atoms with van der Waals surface area (Å²) in [4.78, 5) is 17.9. The third-order valence-corrected chi connectivity index (χ3v) is 4.84. The number of hydrogen-bond donors (Lipinski definition) is 1. The molecular formula is C18H16N2OS2. The second kappa shape index (κ2) is 7.44. The molecule has 0 aliphatic heterocycles. The minimum atomic E-state index is -0.127. The van der Waals surface area contributed by atoms with Gasteiger partial charge in [-0.15, -0.1) is 23.1 Å². The number of carbonyl (C=O) groups is 1. The third-order valence-electron chi connectivity index (χ3n) is 3.20. The summed E-state index contributed by atoms with van der Waals surface area (Å²) in [5, 5.41) is 5.44. The maximum absolute atomic E-state index is 12.4. The van der Waals surface area contributed by atoms with Crippen LogP contribution in [-0.4, -0.2) is 16.6 Å². The van der Waals surface area contributed by atoms with Crippen molar-refractivity contribution in [3.8, 4) is 11.3 Å². The van der Waals surface area contributed by atoms with E-state index in [2.05, 4.69) is 17.2 Å². The highest BCUT2D eigenvalue weighted by Crippen LogP contribution is 2.25. The van der Waals surface area contributed by atoms with Gasteiger partial charge < -0.3 is 0 Å². The third kappa shape index (κ3) is 4.00. The van der Waals surface area contributed by atoms with Gasteiger partial charge >= 0.3 is 0 Å². The molecule has 5 heteroatoms. The number of hydrogen-bond acceptors (Lipinski definition) is 4. The fraction of sp³-hybridized carbons (Fsp3) is 0.111. The summed E-state index contributed by atoms with van der Waals surface area (Å²) in [5.74, 6) is 0.857. The van der Waals surface area contributed by atoms with Gasteiger partial charge in [-0.1, -0.05) is 43.3 Å². The van der Waals surface area contributed by atoms with Crippen LogP contribution >= 0.6 is 23.1 Å². The van der Waals surface area contributed by atoms with E-state index in [9.17, 15) is 4.79 Å². The Labute approximate surface area is 143 Å². The summed E-state index contributed by atoms with van der Waals surface area (Å²) < 4.78 is 0. The minimum Gasteiger partial charge on any atom is -0.298 e. The molecule has 116 valence electrons. The van der Waals surface area contributed by atoms with Crippen molar-refractivity contribution in [2.75, 3.05) is 11.1 Å². The van der Waals surface area contributed by atoms with Crippen molar-refractivity contribution < 1.29 is 4.79 Å². The molecule has 2 aromatic carbocycles. The van der Waals surface area contributed by atoms with Crippen LogP contribution in [0, 0.1) is 0 Å². The number of aromatic nitrogens is 1. The van der Waals surface area contributed by atoms with Crippen LogP contribution < -0.4 is 5.32 Å². The van der Waals surface area contributed by atoms with Crippen molar-refractivity contribution in [2.45, 2.75) is 11.8 Å². The molecule has 1 amide bonds. The van der Waals surface area contributed by atoms with Gasteiger partial charge in [0.1, 0.15) is 0 Å². The van der Waals surface area contributed by atoms with Crippen molar-refractivity contribution in [3.63, 3.8) is 0 Å². The lowest BCUT2D eigenvalue weighted by molar-refractivity contribution is 0.102. The number of anilines is 1. The number of amides is 1. The molecule has 0 aliphatic carbocycles. The number of thioether (sulfide) groups is 1. The van der Waals surface area contributed by atoms with Crippen LogP contribution in [0.4, 0.5) is 5.13 Å². The number of rotatable bonds is 5. The zero-order chi connectivity index (χ0) is 16.1. The van der Waals surface area contributed by atoms with E-state index in [1.165, 1.54) is 11.3 Å². The number of nitrogens with one attached hydrogen (secondary N) is 1. The topological polar surface area (TPSA) is 42.0 Å². The quantitative estimate of drug-likeness (QED) is 0.651. The van der Waals surface area contributed by atoms with Crippen LogP contribution in [0.5, 0.6) is 0 Å². The smallest absolute Gasteiger partial charge is 0.257 e. The van der Waals surface area contributed by atoms with E-state index >= 15 is 0 Å². The molecular weight excluding hydrogens is 324 g/mol. The average Bonchev–Trinajstić information content (AvgIpc) is 3.05. The van der Waals surface area contributed by atoms with Gasteiger partial charge in [0.25, 0.3) is 5.91 Å². The van der Waals surface area contributed by atoms with Gasteiger partial charge in [-0.3, -0.25) is 10.1 Å². The summed E-state index contributed by atoms with van der Waals surface area (Å²) >= 11 is 3.16. The maximum atomic E-state index is 12.4. The molecule has 0 unspecified atom stereocenters. The Kier molecular flexibility index (Phi) is 5.10. The van der Waals surface area contributed by atoms with Crippen molar-refractivity contribution >= 4 is 34.1 Å². The lowest BCUT2D eigenvalue weighted by Gasteiger charge is -2.04. The highest BCUT2D eigenvalue weighted by molar-refractivity contribution is 7.99. The average molecular weight is 340 g/mol. The SMILES string of the molecule is CCSc1cccc(C(=O)Nc2nc(-c3ccccc3)cs2)c1. The summed E-state index contributed by atoms with van der Waals surface area (Å²) in [6.07, 6.45) is 0. The van der Waals surface area contributed by atoms with Crippen LogP contribution in [0.15, 0.2) is 64.9 Å². The molecule has 3 rings (SSSR count). The van der Waals surface area contributed by atoms with Gasteiger partial charge in [-0.05, 0) is 24.0 Å². The Morgan fingerprint density at radius 3 is 2.78 bits per heavy atom. The molecule has 3 nitrogen and oxygen atoms in total. The fourth-order valence-electron chi connectivity index (χ4n) is 2.14. The molecule has 0 radical (unpaired) electrons. The molecule has 1 heterocycles. The largest absolute Gasteiger partial charge is 0.298 e. The highest BCUT2D eigenvalue weighted by Gasteiger charge is 2.10. The van der Waals surface area contributed by atoms with E-state index < -0.39 is 0 Å². The van der Waals surface area contributed by atoms with E-state index in [-0.39, 0.29) is 5.91 Å². The summed E-state index contributed by atoms with van der Waals surface area (Å²) in [7, 11) is 0. The van der Waals surface area contributed by atoms with E-state index in [1.807, 2.05) is 60.0 Å². The van der Waals surface area contributed by atoms with Gasteiger partial charge in [0, 0.05) is 21.4 Å². The first-order chi connectivity index (χ1) is 11.3. The second-order valence-corrected chi connectivity index (χ2v) is 7.01. The normalized spacial score (nSPS) is 10.5. The van der Waals surface area contributed by atoms with Crippen LogP contribution in [0.25, 0.3) is 11.3 Å². The predicted molar refractivity (Wildman–Crippen MR) is 98.3 cm³/mol. The molecule has 0 saturated carbocycles. The Bertz CT molecular complexity index is 800. The lowest BCUT2D eigenvalue weighted by atomic mass is 10.2. The number of nitrogens with zero attached hydrogens (tertiary/aromatic N) is 1. The first kappa shape index (κ1) is 15.8. The molecule has 1 N–H and O–H groups in total. The molecule has 23 heavy (non-hydrogen) atoms. The van der Waals surface area contributed by atoms with Crippen LogP contribution in [0.1, 0.15) is 17.3 Å². The zero-order valence-corrected chi connectivity index (χ0v) is 14.3. The second-order valence-electron chi connectivity index (χ2n) is 4.82. The van der Waals surface area contributed by atoms with Crippen LogP contribution in [0.2, 0.25) is 0 Å². The molecule has 1 aromatic heterocycles. The van der Waals surface area contributed by atoms with Crippen molar-refractivity contribution in [3.05, 3.63) is 65.5 Å². The Morgan fingerprint density at radius 1 is 1.17 bits per heavy atom. The maximum Gasteiger partial charge on any atom is 0.257 e. The van der Waals surface area contributed by atoms with Crippen molar-refractivity contribution in [1.29, 1.82) is 0 Å². The zero-order valence-electron chi connectivity index (χ0n) is 12.7. The minimum absolute atomic E-state index is 0.127. The van der Waals surface area contributed by atoms with Gasteiger partial charge in [-0.25, -0.2) is 4.98 Å². The Morgan fingerprint density at radius 2 is 2.00 bits per heavy atom. The van der Waals surface area contributed by atoms with Crippen molar-refractivity contribution in [2.24, 2.45) is 0 Å². The first-order valence-corrected chi connectivity index (χ1v) is 9.18. The molecule has 3 aromatic rings. The molecule has 0 saturated heterocycles. The first-order valence-electron chi connectivity index (χ1n) is 7.31. The molecule has 0 fully saturated rings. The summed E-state index contributed by atoms with van der Waals surface area (Å²) in [5.41, 5.74) is 2.58. The van der Waals surface area contributed by atoms with Gasteiger partial charge in [0.2, 0.25) is 0 Å². The van der Waals surface area contributed by atoms with E-state index in [0.717, 1.165) is 21.9 Å². The summed E-state index contributed by atoms with van der Waals surface area (Å²) in [6, 6.07) is 17.6. The van der Waals surface area contributed by atoms with E-state index in [0.29, 0.717) is 10.7 Å². The van der Waals surface area contributed by atoms with Crippen LogP contribution in [0.3, 0.4) is 0 Å². The fourth-order valence-corrected chi connectivity index (χ4v) is 3.57. The van der Waals surface area contributed by atoms with Crippen LogP contribution in [-0.2, 0) is 0 Å². The van der Waals surface area contributed by atoms with Crippen molar-refractivity contribution in [1.82, 2.24) is 4.98 Å².